The van der Waals surface area contributed by atoms with Crippen LogP contribution < -0.4 is 0 Å². The van der Waals surface area contributed by atoms with E-state index in [1.54, 1.807) is 11.3 Å². The molecule has 4 heteroatoms. The Hall–Kier alpha value is -0.450. The van der Waals surface area contributed by atoms with E-state index < -0.39 is 0 Å². The van der Waals surface area contributed by atoms with E-state index in [4.69, 9.17) is 5.11 Å². The number of rotatable bonds is 6. The van der Waals surface area contributed by atoms with Crippen LogP contribution in [-0.4, -0.2) is 34.7 Å². The summed E-state index contributed by atoms with van der Waals surface area (Å²) in [5.74, 6) is 0. The third-order valence-electron chi connectivity index (χ3n) is 2.32. The fourth-order valence-electron chi connectivity index (χ4n) is 1.65. The van der Waals surface area contributed by atoms with Gasteiger partial charge in [0.15, 0.2) is 0 Å². The fraction of sp³-hybridized carbons (Fsp3) is 0.727. The van der Waals surface area contributed by atoms with Crippen molar-refractivity contribution in [1.29, 1.82) is 0 Å². The molecular formula is C11H20N2OS. The molecule has 0 spiro atoms. The van der Waals surface area contributed by atoms with E-state index in [0.29, 0.717) is 0 Å². The third-order valence-corrected chi connectivity index (χ3v) is 3.38. The second-order valence-corrected chi connectivity index (χ2v) is 5.03. The van der Waals surface area contributed by atoms with E-state index in [0.717, 1.165) is 36.8 Å². The lowest BCUT2D eigenvalue weighted by molar-refractivity contribution is 0.191. The van der Waals surface area contributed by atoms with Crippen molar-refractivity contribution in [3.63, 3.8) is 0 Å². The Labute approximate surface area is 95.8 Å². The second kappa shape index (κ2) is 6.20. The van der Waals surface area contributed by atoms with Gasteiger partial charge >= 0.3 is 0 Å². The van der Waals surface area contributed by atoms with E-state index in [-0.39, 0.29) is 6.61 Å². The molecule has 0 atom stereocenters. The van der Waals surface area contributed by atoms with Crippen molar-refractivity contribution in [3.05, 3.63) is 15.6 Å². The maximum atomic E-state index is 8.96. The van der Waals surface area contributed by atoms with Crippen molar-refractivity contribution < 1.29 is 5.11 Å². The number of hydrogen-bond acceptors (Lipinski definition) is 4. The molecule has 0 fully saturated rings. The normalized spacial score (nSPS) is 11.3. The lowest BCUT2D eigenvalue weighted by Crippen LogP contribution is -2.27. The van der Waals surface area contributed by atoms with Gasteiger partial charge in [0.05, 0.1) is 17.3 Å². The zero-order chi connectivity index (χ0) is 11.3. The van der Waals surface area contributed by atoms with E-state index in [1.165, 1.54) is 4.88 Å². The van der Waals surface area contributed by atoms with Crippen molar-refractivity contribution in [2.45, 2.75) is 33.7 Å². The van der Waals surface area contributed by atoms with Crippen LogP contribution >= 0.6 is 11.3 Å². The second-order valence-electron chi connectivity index (χ2n) is 3.74. The Morgan fingerprint density at radius 3 is 2.53 bits per heavy atom. The topological polar surface area (TPSA) is 36.4 Å². The SMILES string of the molecule is CCCN(CCO)Cc1sc(C)nc1C. The maximum absolute atomic E-state index is 8.96. The van der Waals surface area contributed by atoms with Gasteiger partial charge in [-0.1, -0.05) is 6.92 Å². The van der Waals surface area contributed by atoms with Crippen LogP contribution in [0.2, 0.25) is 0 Å². The van der Waals surface area contributed by atoms with Crippen molar-refractivity contribution in [2.24, 2.45) is 0 Å². The number of hydrogen-bond donors (Lipinski definition) is 1. The van der Waals surface area contributed by atoms with Crippen molar-refractivity contribution in [2.75, 3.05) is 19.7 Å². The minimum Gasteiger partial charge on any atom is -0.395 e. The van der Waals surface area contributed by atoms with Gasteiger partial charge < -0.3 is 5.11 Å². The maximum Gasteiger partial charge on any atom is 0.0900 e. The molecule has 0 saturated heterocycles. The van der Waals surface area contributed by atoms with E-state index >= 15 is 0 Å². The van der Waals surface area contributed by atoms with Crippen LogP contribution in [0.1, 0.15) is 28.9 Å². The number of aliphatic hydroxyl groups is 1. The van der Waals surface area contributed by atoms with Crippen LogP contribution in [0.4, 0.5) is 0 Å². The molecular weight excluding hydrogens is 208 g/mol. The smallest absolute Gasteiger partial charge is 0.0900 e. The summed E-state index contributed by atoms with van der Waals surface area (Å²) in [5.41, 5.74) is 1.14. The average molecular weight is 228 g/mol. The van der Waals surface area contributed by atoms with Gasteiger partial charge in [-0.25, -0.2) is 4.98 Å². The molecule has 15 heavy (non-hydrogen) atoms. The summed E-state index contributed by atoms with van der Waals surface area (Å²) >= 11 is 1.76. The molecule has 0 unspecified atom stereocenters. The third kappa shape index (κ3) is 3.89. The minimum atomic E-state index is 0.233. The zero-order valence-corrected chi connectivity index (χ0v) is 10.6. The first-order valence-corrected chi connectivity index (χ1v) is 6.25. The molecule has 1 aromatic heterocycles. The minimum absolute atomic E-state index is 0.233. The van der Waals surface area contributed by atoms with E-state index in [9.17, 15) is 0 Å². The highest BCUT2D eigenvalue weighted by Crippen LogP contribution is 2.19. The van der Waals surface area contributed by atoms with Crippen LogP contribution in [0, 0.1) is 13.8 Å². The zero-order valence-electron chi connectivity index (χ0n) is 9.79. The van der Waals surface area contributed by atoms with Gasteiger partial charge in [0, 0.05) is 18.0 Å². The highest BCUT2D eigenvalue weighted by Gasteiger charge is 2.09. The molecule has 1 heterocycles. The van der Waals surface area contributed by atoms with Gasteiger partial charge in [0.1, 0.15) is 0 Å². The van der Waals surface area contributed by atoms with Crippen LogP contribution in [-0.2, 0) is 6.54 Å². The Morgan fingerprint density at radius 1 is 1.33 bits per heavy atom. The number of aromatic nitrogens is 1. The predicted octanol–water partition coefficient (Wildman–Crippen LogP) is 1.96. The molecule has 1 N–H and O–H groups in total. The number of thiazole rings is 1. The lowest BCUT2D eigenvalue weighted by atomic mass is 10.3. The summed E-state index contributed by atoms with van der Waals surface area (Å²) in [7, 11) is 0. The quantitative estimate of drug-likeness (QED) is 0.808. The van der Waals surface area contributed by atoms with Gasteiger partial charge in [-0.15, -0.1) is 11.3 Å². The van der Waals surface area contributed by atoms with Gasteiger partial charge in [-0.3, -0.25) is 4.90 Å². The lowest BCUT2D eigenvalue weighted by Gasteiger charge is -2.19. The molecule has 0 aliphatic carbocycles. The highest BCUT2D eigenvalue weighted by atomic mass is 32.1. The standard InChI is InChI=1S/C11H20N2OS/c1-4-5-13(6-7-14)8-11-9(2)12-10(3)15-11/h14H,4-8H2,1-3H3. The summed E-state index contributed by atoms with van der Waals surface area (Å²) in [6, 6.07) is 0. The van der Waals surface area contributed by atoms with E-state index in [1.807, 2.05) is 6.92 Å². The molecule has 86 valence electrons. The van der Waals surface area contributed by atoms with Crippen LogP contribution in [0.15, 0.2) is 0 Å². The molecule has 0 aliphatic heterocycles. The van der Waals surface area contributed by atoms with Gasteiger partial charge in [-0.05, 0) is 26.8 Å². The van der Waals surface area contributed by atoms with Crippen molar-refractivity contribution in [1.82, 2.24) is 9.88 Å². The molecule has 0 saturated carbocycles. The van der Waals surface area contributed by atoms with Crippen molar-refractivity contribution >= 4 is 11.3 Å². The summed E-state index contributed by atoms with van der Waals surface area (Å²) in [6.45, 7) is 9.21. The summed E-state index contributed by atoms with van der Waals surface area (Å²) in [4.78, 5) is 8.02. The van der Waals surface area contributed by atoms with Crippen molar-refractivity contribution in [3.8, 4) is 0 Å². The Bertz CT molecular complexity index is 293. The summed E-state index contributed by atoms with van der Waals surface area (Å²) < 4.78 is 0. The monoisotopic (exact) mass is 228 g/mol. The molecule has 0 radical (unpaired) electrons. The Balaban J connectivity index is 2.60. The largest absolute Gasteiger partial charge is 0.395 e. The number of aryl methyl sites for hydroxylation is 2. The Kier molecular flexibility index (Phi) is 5.22. The number of nitrogens with zero attached hydrogens (tertiary/aromatic N) is 2. The van der Waals surface area contributed by atoms with Crippen LogP contribution in [0.25, 0.3) is 0 Å². The van der Waals surface area contributed by atoms with Crippen LogP contribution in [0.3, 0.4) is 0 Å². The highest BCUT2D eigenvalue weighted by molar-refractivity contribution is 7.11. The Morgan fingerprint density at radius 2 is 2.07 bits per heavy atom. The van der Waals surface area contributed by atoms with Gasteiger partial charge in [0.25, 0.3) is 0 Å². The van der Waals surface area contributed by atoms with E-state index in [2.05, 4.69) is 23.7 Å². The summed E-state index contributed by atoms with van der Waals surface area (Å²) in [5, 5.41) is 10.1. The van der Waals surface area contributed by atoms with Gasteiger partial charge in [-0.2, -0.15) is 0 Å². The first-order chi connectivity index (χ1) is 7.17. The van der Waals surface area contributed by atoms with Crippen LogP contribution in [0.5, 0.6) is 0 Å². The van der Waals surface area contributed by atoms with Gasteiger partial charge in [0.2, 0.25) is 0 Å². The molecule has 0 aliphatic rings. The fourth-order valence-corrected chi connectivity index (χ4v) is 2.63. The summed E-state index contributed by atoms with van der Waals surface area (Å²) in [6.07, 6.45) is 1.12. The molecule has 0 amide bonds. The average Bonchev–Trinajstić information content (AvgIpc) is 2.46. The molecule has 1 aromatic rings. The molecule has 1 rings (SSSR count). The molecule has 0 aromatic carbocycles. The first kappa shape index (κ1) is 12.6. The first-order valence-electron chi connectivity index (χ1n) is 5.43. The molecule has 3 nitrogen and oxygen atoms in total. The molecule has 0 bridgehead atoms. The predicted molar refractivity (Wildman–Crippen MR) is 64.2 cm³/mol. The number of aliphatic hydroxyl groups excluding tert-OH is 1.